The summed E-state index contributed by atoms with van der Waals surface area (Å²) in [7, 11) is 0. The van der Waals surface area contributed by atoms with Gasteiger partial charge < -0.3 is 14.8 Å². The third-order valence-electron chi connectivity index (χ3n) is 4.25. The molecule has 19 heavy (non-hydrogen) atoms. The lowest BCUT2D eigenvalue weighted by Gasteiger charge is -2.36. The molecule has 0 amide bonds. The third-order valence-corrected chi connectivity index (χ3v) is 4.25. The van der Waals surface area contributed by atoms with Crippen molar-refractivity contribution in [3.05, 3.63) is 0 Å². The van der Waals surface area contributed by atoms with Crippen LogP contribution in [-0.4, -0.2) is 62.5 Å². The van der Waals surface area contributed by atoms with Crippen LogP contribution in [0.5, 0.6) is 0 Å². The first-order valence-corrected chi connectivity index (χ1v) is 8.01. The largest absolute Gasteiger partial charge is 0.378 e. The summed E-state index contributed by atoms with van der Waals surface area (Å²) >= 11 is 0. The summed E-state index contributed by atoms with van der Waals surface area (Å²) in [5.41, 5.74) is 0. The molecule has 0 aromatic heterocycles. The molecule has 0 saturated carbocycles. The Hall–Kier alpha value is -0.160. The van der Waals surface area contributed by atoms with E-state index in [4.69, 9.17) is 9.47 Å². The van der Waals surface area contributed by atoms with Crippen molar-refractivity contribution in [1.29, 1.82) is 0 Å². The average molecular weight is 270 g/mol. The Bertz CT molecular complexity index is 250. The molecule has 2 aliphatic rings. The average Bonchev–Trinajstić information content (AvgIpc) is 2.87. The lowest BCUT2D eigenvalue weighted by Crippen LogP contribution is -2.48. The summed E-state index contributed by atoms with van der Waals surface area (Å²) in [6.45, 7) is 10.5. The van der Waals surface area contributed by atoms with E-state index in [2.05, 4.69) is 24.1 Å². The van der Waals surface area contributed by atoms with Crippen molar-refractivity contribution in [1.82, 2.24) is 10.2 Å². The SMILES string of the molecule is CCCNCC1CCC(CN2CCOCC2CC)O1. The molecular formula is C15H30N2O2. The first-order chi connectivity index (χ1) is 9.33. The zero-order valence-corrected chi connectivity index (χ0v) is 12.6. The smallest absolute Gasteiger partial charge is 0.0707 e. The summed E-state index contributed by atoms with van der Waals surface area (Å²) in [6, 6.07) is 0.592. The minimum absolute atomic E-state index is 0.428. The van der Waals surface area contributed by atoms with Gasteiger partial charge >= 0.3 is 0 Å². The Morgan fingerprint density at radius 3 is 2.84 bits per heavy atom. The second-order valence-corrected chi connectivity index (χ2v) is 5.79. The van der Waals surface area contributed by atoms with Gasteiger partial charge in [0.1, 0.15) is 0 Å². The first kappa shape index (κ1) is 15.2. The fourth-order valence-electron chi connectivity index (χ4n) is 3.07. The van der Waals surface area contributed by atoms with Crippen LogP contribution in [0.2, 0.25) is 0 Å². The summed E-state index contributed by atoms with van der Waals surface area (Å²) < 4.78 is 11.7. The van der Waals surface area contributed by atoms with Crippen LogP contribution in [0, 0.1) is 0 Å². The molecule has 112 valence electrons. The molecule has 0 bridgehead atoms. The van der Waals surface area contributed by atoms with E-state index in [1.165, 1.54) is 25.7 Å². The molecule has 2 fully saturated rings. The van der Waals surface area contributed by atoms with E-state index in [0.717, 1.165) is 39.4 Å². The van der Waals surface area contributed by atoms with Gasteiger partial charge in [0.05, 0.1) is 25.4 Å². The summed E-state index contributed by atoms with van der Waals surface area (Å²) in [5.74, 6) is 0. The van der Waals surface area contributed by atoms with Crippen molar-refractivity contribution >= 4 is 0 Å². The van der Waals surface area contributed by atoms with Gasteiger partial charge in [0, 0.05) is 25.7 Å². The molecule has 4 heteroatoms. The van der Waals surface area contributed by atoms with Gasteiger partial charge in [0.2, 0.25) is 0 Å². The second kappa shape index (κ2) is 8.20. The molecule has 0 spiro atoms. The normalized spacial score (nSPS) is 32.8. The lowest BCUT2D eigenvalue weighted by molar-refractivity contribution is -0.0413. The lowest BCUT2D eigenvalue weighted by atomic mass is 10.1. The molecule has 4 nitrogen and oxygen atoms in total. The molecule has 2 aliphatic heterocycles. The van der Waals surface area contributed by atoms with Gasteiger partial charge in [-0.05, 0) is 32.2 Å². The molecule has 1 N–H and O–H groups in total. The first-order valence-electron chi connectivity index (χ1n) is 8.01. The highest BCUT2D eigenvalue weighted by Crippen LogP contribution is 2.22. The van der Waals surface area contributed by atoms with Crippen LogP contribution in [0.3, 0.4) is 0 Å². The second-order valence-electron chi connectivity index (χ2n) is 5.79. The fraction of sp³-hybridized carbons (Fsp3) is 1.00. The Labute approximate surface area is 117 Å². The number of rotatable bonds is 7. The van der Waals surface area contributed by atoms with Crippen LogP contribution in [0.15, 0.2) is 0 Å². The van der Waals surface area contributed by atoms with Gasteiger partial charge in [-0.1, -0.05) is 13.8 Å². The number of nitrogens with one attached hydrogen (secondary N) is 1. The van der Waals surface area contributed by atoms with Gasteiger partial charge in [-0.3, -0.25) is 4.90 Å². The van der Waals surface area contributed by atoms with E-state index >= 15 is 0 Å². The Morgan fingerprint density at radius 2 is 2.05 bits per heavy atom. The number of morpholine rings is 1. The van der Waals surface area contributed by atoms with Crippen molar-refractivity contribution in [3.63, 3.8) is 0 Å². The molecule has 2 heterocycles. The zero-order chi connectivity index (χ0) is 13.5. The molecule has 0 aliphatic carbocycles. The van der Waals surface area contributed by atoms with Crippen LogP contribution >= 0.6 is 0 Å². The molecule has 0 aromatic carbocycles. The molecule has 2 rings (SSSR count). The number of ether oxygens (including phenoxy) is 2. The van der Waals surface area contributed by atoms with E-state index in [-0.39, 0.29) is 0 Å². The monoisotopic (exact) mass is 270 g/mol. The highest BCUT2D eigenvalue weighted by molar-refractivity contribution is 4.82. The molecule has 0 aromatic rings. The molecule has 0 radical (unpaired) electrons. The highest BCUT2D eigenvalue weighted by Gasteiger charge is 2.29. The minimum atomic E-state index is 0.428. The number of hydrogen-bond donors (Lipinski definition) is 1. The van der Waals surface area contributed by atoms with Crippen LogP contribution in [0.4, 0.5) is 0 Å². The van der Waals surface area contributed by atoms with E-state index in [1.807, 2.05) is 0 Å². The van der Waals surface area contributed by atoms with Crippen molar-refractivity contribution in [2.45, 2.75) is 57.8 Å². The molecular weight excluding hydrogens is 240 g/mol. The Kier molecular flexibility index (Phi) is 6.57. The third kappa shape index (κ3) is 4.71. The van der Waals surface area contributed by atoms with E-state index in [0.29, 0.717) is 18.2 Å². The van der Waals surface area contributed by atoms with Crippen LogP contribution in [0.1, 0.15) is 39.5 Å². The molecule has 3 unspecified atom stereocenters. The topological polar surface area (TPSA) is 33.7 Å². The van der Waals surface area contributed by atoms with Crippen molar-refractivity contribution in [3.8, 4) is 0 Å². The van der Waals surface area contributed by atoms with Crippen molar-refractivity contribution in [2.24, 2.45) is 0 Å². The maximum atomic E-state index is 6.16. The van der Waals surface area contributed by atoms with Gasteiger partial charge in [-0.25, -0.2) is 0 Å². The summed E-state index contributed by atoms with van der Waals surface area (Å²) in [6.07, 6.45) is 5.66. The van der Waals surface area contributed by atoms with Crippen molar-refractivity contribution in [2.75, 3.05) is 39.4 Å². The predicted octanol–water partition coefficient (Wildman–Crippen LogP) is 1.64. The molecule has 3 atom stereocenters. The molecule has 2 saturated heterocycles. The van der Waals surface area contributed by atoms with Crippen LogP contribution in [0.25, 0.3) is 0 Å². The van der Waals surface area contributed by atoms with Gasteiger partial charge in [-0.2, -0.15) is 0 Å². The van der Waals surface area contributed by atoms with E-state index in [1.54, 1.807) is 0 Å². The maximum Gasteiger partial charge on any atom is 0.0707 e. The number of hydrogen-bond acceptors (Lipinski definition) is 4. The standard InChI is InChI=1S/C15H30N2O2/c1-3-7-16-10-14-5-6-15(19-14)11-17-8-9-18-12-13(17)4-2/h13-16H,3-12H2,1-2H3. The summed E-state index contributed by atoms with van der Waals surface area (Å²) in [5, 5.41) is 3.46. The predicted molar refractivity (Wildman–Crippen MR) is 77.5 cm³/mol. The van der Waals surface area contributed by atoms with Gasteiger partial charge in [0.15, 0.2) is 0 Å². The Balaban J connectivity index is 1.68. The highest BCUT2D eigenvalue weighted by atomic mass is 16.5. The fourth-order valence-corrected chi connectivity index (χ4v) is 3.07. The summed E-state index contributed by atoms with van der Waals surface area (Å²) in [4.78, 5) is 2.57. The van der Waals surface area contributed by atoms with E-state index < -0.39 is 0 Å². The zero-order valence-electron chi connectivity index (χ0n) is 12.6. The van der Waals surface area contributed by atoms with Gasteiger partial charge in [-0.15, -0.1) is 0 Å². The Morgan fingerprint density at radius 1 is 1.21 bits per heavy atom. The minimum Gasteiger partial charge on any atom is -0.378 e. The van der Waals surface area contributed by atoms with Crippen molar-refractivity contribution < 1.29 is 9.47 Å². The van der Waals surface area contributed by atoms with Crippen LogP contribution in [-0.2, 0) is 9.47 Å². The maximum absolute atomic E-state index is 6.16. The number of nitrogens with zero attached hydrogens (tertiary/aromatic N) is 1. The van der Waals surface area contributed by atoms with E-state index in [9.17, 15) is 0 Å². The van der Waals surface area contributed by atoms with Gasteiger partial charge in [0.25, 0.3) is 0 Å². The quantitative estimate of drug-likeness (QED) is 0.713. The van der Waals surface area contributed by atoms with Crippen LogP contribution < -0.4 is 5.32 Å².